The van der Waals surface area contributed by atoms with Gasteiger partial charge in [0.25, 0.3) is 5.91 Å². The minimum absolute atomic E-state index is 0.303. The van der Waals surface area contributed by atoms with Gasteiger partial charge in [-0.25, -0.2) is 4.39 Å². The molecule has 0 atom stereocenters. The molecule has 3 rings (SSSR count). The molecule has 1 aromatic heterocycles. The van der Waals surface area contributed by atoms with Crippen molar-refractivity contribution in [3.63, 3.8) is 0 Å². The number of rotatable bonds is 4. The summed E-state index contributed by atoms with van der Waals surface area (Å²) in [6, 6.07) is 10.5. The number of halogens is 1. The largest absolute Gasteiger partial charge is 0.369 e. The van der Waals surface area contributed by atoms with Crippen molar-refractivity contribution in [3.8, 4) is 0 Å². The molecule has 0 bridgehead atoms. The van der Waals surface area contributed by atoms with Crippen molar-refractivity contribution in [3.05, 3.63) is 54.1 Å². The molecule has 1 amide bonds. The molecule has 2 aromatic rings. The number of benzene rings is 1. The molecule has 0 radical (unpaired) electrons. The van der Waals surface area contributed by atoms with E-state index >= 15 is 0 Å². The second-order valence-corrected chi connectivity index (χ2v) is 6.52. The highest BCUT2D eigenvalue weighted by Crippen LogP contribution is 2.26. The van der Waals surface area contributed by atoms with Crippen LogP contribution in [0.15, 0.2) is 42.6 Å². The van der Waals surface area contributed by atoms with E-state index in [0.29, 0.717) is 23.1 Å². The van der Waals surface area contributed by atoms with Crippen LogP contribution in [0.3, 0.4) is 0 Å². The van der Waals surface area contributed by atoms with Crippen LogP contribution in [0, 0.1) is 5.82 Å². The molecule has 0 aliphatic carbocycles. The van der Waals surface area contributed by atoms with Gasteiger partial charge in [-0.05, 0) is 57.3 Å². The van der Waals surface area contributed by atoms with Crippen molar-refractivity contribution in [2.24, 2.45) is 0 Å². The van der Waals surface area contributed by atoms with Crippen LogP contribution in [0.2, 0.25) is 0 Å². The number of piperidine rings is 1. The fourth-order valence-corrected chi connectivity index (χ4v) is 3.16. The monoisotopic (exact) mass is 342 g/mol. The molecule has 1 fully saturated rings. The van der Waals surface area contributed by atoms with Gasteiger partial charge in [-0.2, -0.15) is 0 Å². The maximum Gasteiger partial charge on any atom is 0.274 e. The summed E-state index contributed by atoms with van der Waals surface area (Å²) in [5.74, 6) is -0.665. The minimum atomic E-state index is -0.348. The summed E-state index contributed by atoms with van der Waals surface area (Å²) < 4.78 is 14.5. The van der Waals surface area contributed by atoms with Gasteiger partial charge >= 0.3 is 0 Å². The van der Waals surface area contributed by atoms with Crippen LogP contribution in [-0.2, 0) is 0 Å². The lowest BCUT2D eigenvalue weighted by atomic mass is 10.0. The van der Waals surface area contributed by atoms with Gasteiger partial charge in [-0.1, -0.05) is 6.07 Å². The SMILES string of the molecule is CN(C)C1CCN(c2ccc(NC(=O)c3ccccn3)cc2F)CC1. The van der Waals surface area contributed by atoms with E-state index < -0.39 is 0 Å². The second-order valence-electron chi connectivity index (χ2n) is 6.52. The lowest BCUT2D eigenvalue weighted by Gasteiger charge is -2.36. The Balaban J connectivity index is 1.66. The predicted molar refractivity (Wildman–Crippen MR) is 97.5 cm³/mol. The van der Waals surface area contributed by atoms with E-state index in [-0.39, 0.29) is 11.7 Å². The fourth-order valence-electron chi connectivity index (χ4n) is 3.16. The van der Waals surface area contributed by atoms with Crippen molar-refractivity contribution < 1.29 is 9.18 Å². The molecule has 25 heavy (non-hydrogen) atoms. The third-order valence-corrected chi connectivity index (χ3v) is 4.64. The summed E-state index contributed by atoms with van der Waals surface area (Å²) >= 11 is 0. The zero-order chi connectivity index (χ0) is 17.8. The predicted octanol–water partition coefficient (Wildman–Crippen LogP) is 3.00. The summed E-state index contributed by atoms with van der Waals surface area (Å²) in [6.07, 6.45) is 3.59. The third-order valence-electron chi connectivity index (χ3n) is 4.64. The topological polar surface area (TPSA) is 48.5 Å². The lowest BCUT2D eigenvalue weighted by Crippen LogP contribution is -2.42. The Kier molecular flexibility index (Phi) is 5.28. The molecule has 0 spiro atoms. The molecule has 0 unspecified atom stereocenters. The maximum atomic E-state index is 14.5. The van der Waals surface area contributed by atoms with Gasteiger partial charge < -0.3 is 15.1 Å². The van der Waals surface area contributed by atoms with Crippen molar-refractivity contribution >= 4 is 17.3 Å². The first-order valence-electron chi connectivity index (χ1n) is 8.48. The first-order valence-corrected chi connectivity index (χ1v) is 8.48. The third kappa shape index (κ3) is 4.14. The minimum Gasteiger partial charge on any atom is -0.369 e. The number of carbonyl (C=O) groups is 1. The molecule has 5 nitrogen and oxygen atoms in total. The van der Waals surface area contributed by atoms with Gasteiger partial charge in [-0.15, -0.1) is 0 Å². The molecular formula is C19H23FN4O. The zero-order valence-corrected chi connectivity index (χ0v) is 14.6. The van der Waals surface area contributed by atoms with Crippen LogP contribution >= 0.6 is 0 Å². The van der Waals surface area contributed by atoms with E-state index in [2.05, 4.69) is 34.2 Å². The molecule has 132 valence electrons. The Morgan fingerprint density at radius 1 is 1.24 bits per heavy atom. The summed E-state index contributed by atoms with van der Waals surface area (Å²) in [5, 5.41) is 2.68. The van der Waals surface area contributed by atoms with Gasteiger partial charge in [-0.3, -0.25) is 9.78 Å². The number of aromatic nitrogens is 1. The molecular weight excluding hydrogens is 319 g/mol. The number of nitrogens with zero attached hydrogens (tertiary/aromatic N) is 3. The van der Waals surface area contributed by atoms with Crippen LogP contribution in [0.4, 0.5) is 15.8 Å². The van der Waals surface area contributed by atoms with Crippen LogP contribution in [0.1, 0.15) is 23.3 Å². The Morgan fingerprint density at radius 2 is 2.00 bits per heavy atom. The van der Waals surface area contributed by atoms with E-state index in [1.165, 1.54) is 6.07 Å². The number of pyridine rings is 1. The zero-order valence-electron chi connectivity index (χ0n) is 14.6. The molecule has 0 saturated carbocycles. The van der Waals surface area contributed by atoms with Crippen LogP contribution in [0.5, 0.6) is 0 Å². The Labute approximate surface area is 147 Å². The standard InChI is InChI=1S/C19H23FN4O/c1-23(2)15-8-11-24(12-9-15)18-7-6-14(13-16(18)20)22-19(25)17-5-3-4-10-21-17/h3-7,10,13,15H,8-9,11-12H2,1-2H3,(H,22,25). The van der Waals surface area contributed by atoms with Gasteiger partial charge in [0.2, 0.25) is 0 Å². The molecule has 2 heterocycles. The first kappa shape index (κ1) is 17.4. The van der Waals surface area contributed by atoms with Gasteiger partial charge in [0.05, 0.1) is 5.69 Å². The Morgan fingerprint density at radius 3 is 2.60 bits per heavy atom. The molecule has 6 heteroatoms. The fraction of sp³-hybridized carbons (Fsp3) is 0.368. The van der Waals surface area contributed by atoms with E-state index in [0.717, 1.165) is 25.9 Å². The van der Waals surface area contributed by atoms with Crippen molar-refractivity contribution in [1.82, 2.24) is 9.88 Å². The quantitative estimate of drug-likeness (QED) is 0.928. The maximum absolute atomic E-state index is 14.5. The molecule has 1 saturated heterocycles. The van der Waals surface area contributed by atoms with Crippen molar-refractivity contribution in [2.75, 3.05) is 37.4 Å². The van der Waals surface area contributed by atoms with Crippen molar-refractivity contribution in [1.29, 1.82) is 0 Å². The molecule has 1 N–H and O–H groups in total. The Bertz CT molecular complexity index is 727. The van der Waals surface area contributed by atoms with Crippen molar-refractivity contribution in [2.45, 2.75) is 18.9 Å². The highest BCUT2D eigenvalue weighted by atomic mass is 19.1. The van der Waals surface area contributed by atoms with E-state index in [4.69, 9.17) is 0 Å². The number of nitrogens with one attached hydrogen (secondary N) is 1. The number of hydrogen-bond donors (Lipinski definition) is 1. The summed E-state index contributed by atoms with van der Waals surface area (Å²) in [7, 11) is 4.17. The van der Waals surface area contributed by atoms with Gasteiger partial charge in [0, 0.05) is 31.0 Å². The summed E-state index contributed by atoms with van der Waals surface area (Å²) in [5.41, 5.74) is 1.32. The Hall–Kier alpha value is -2.47. The average Bonchev–Trinajstić information content (AvgIpc) is 2.62. The van der Waals surface area contributed by atoms with Crippen LogP contribution in [0.25, 0.3) is 0 Å². The highest BCUT2D eigenvalue weighted by Gasteiger charge is 2.22. The lowest BCUT2D eigenvalue weighted by molar-refractivity contribution is 0.102. The van der Waals surface area contributed by atoms with E-state index in [1.807, 2.05) is 0 Å². The van der Waals surface area contributed by atoms with E-state index in [9.17, 15) is 9.18 Å². The number of carbonyl (C=O) groups excluding carboxylic acids is 1. The molecule has 1 aromatic carbocycles. The smallest absolute Gasteiger partial charge is 0.274 e. The first-order chi connectivity index (χ1) is 12.0. The average molecular weight is 342 g/mol. The highest BCUT2D eigenvalue weighted by molar-refractivity contribution is 6.02. The number of amides is 1. The molecule has 1 aliphatic rings. The van der Waals surface area contributed by atoms with Gasteiger partial charge in [0.1, 0.15) is 11.5 Å². The van der Waals surface area contributed by atoms with Crippen LogP contribution in [-0.4, -0.2) is 49.0 Å². The summed E-state index contributed by atoms with van der Waals surface area (Å²) in [4.78, 5) is 20.4. The second kappa shape index (κ2) is 7.61. The molecule has 1 aliphatic heterocycles. The van der Waals surface area contributed by atoms with Gasteiger partial charge in [0.15, 0.2) is 0 Å². The number of anilines is 2. The number of hydrogen-bond acceptors (Lipinski definition) is 4. The van der Waals surface area contributed by atoms with E-state index in [1.54, 1.807) is 36.5 Å². The normalized spacial score (nSPS) is 15.4. The van der Waals surface area contributed by atoms with Crippen LogP contribution < -0.4 is 10.2 Å². The summed E-state index contributed by atoms with van der Waals surface area (Å²) in [6.45, 7) is 1.67.